The molecule has 20 heavy (non-hydrogen) atoms. The SMILES string of the molecule is CCCNC(COCCC)C1CCCc2ccccc21. The van der Waals surface area contributed by atoms with Gasteiger partial charge in [0.05, 0.1) is 6.61 Å². The molecule has 0 aromatic heterocycles. The van der Waals surface area contributed by atoms with Crippen molar-refractivity contribution in [2.24, 2.45) is 0 Å². The molecule has 2 heteroatoms. The van der Waals surface area contributed by atoms with Crippen molar-refractivity contribution in [3.63, 3.8) is 0 Å². The van der Waals surface area contributed by atoms with E-state index in [4.69, 9.17) is 4.74 Å². The molecule has 2 rings (SSSR count). The predicted octanol–water partition coefficient (Wildman–Crippen LogP) is 3.90. The van der Waals surface area contributed by atoms with E-state index in [2.05, 4.69) is 43.4 Å². The lowest BCUT2D eigenvalue weighted by Crippen LogP contribution is -2.40. The Balaban J connectivity index is 2.07. The molecule has 2 nitrogen and oxygen atoms in total. The molecule has 1 aromatic carbocycles. The Hall–Kier alpha value is -0.860. The van der Waals surface area contributed by atoms with Crippen molar-refractivity contribution in [2.45, 2.75) is 57.9 Å². The number of hydrogen-bond acceptors (Lipinski definition) is 2. The minimum Gasteiger partial charge on any atom is -0.380 e. The van der Waals surface area contributed by atoms with Crippen LogP contribution in [0.2, 0.25) is 0 Å². The van der Waals surface area contributed by atoms with E-state index in [-0.39, 0.29) is 0 Å². The van der Waals surface area contributed by atoms with E-state index >= 15 is 0 Å². The summed E-state index contributed by atoms with van der Waals surface area (Å²) < 4.78 is 5.85. The van der Waals surface area contributed by atoms with E-state index in [1.54, 1.807) is 11.1 Å². The van der Waals surface area contributed by atoms with Gasteiger partial charge in [-0.1, -0.05) is 38.1 Å². The third kappa shape index (κ3) is 4.07. The first-order chi connectivity index (χ1) is 9.86. The van der Waals surface area contributed by atoms with Crippen LogP contribution < -0.4 is 5.32 Å². The number of benzene rings is 1. The standard InChI is InChI=1S/C18H29NO/c1-3-12-19-18(14-20-13-4-2)17-11-7-9-15-8-5-6-10-16(15)17/h5-6,8,10,17-19H,3-4,7,9,11-14H2,1-2H3. The van der Waals surface area contributed by atoms with Crippen molar-refractivity contribution in [3.8, 4) is 0 Å². The van der Waals surface area contributed by atoms with Gasteiger partial charge in [0.2, 0.25) is 0 Å². The summed E-state index contributed by atoms with van der Waals surface area (Å²) in [5.41, 5.74) is 3.09. The maximum Gasteiger partial charge on any atom is 0.0625 e. The fraction of sp³-hybridized carbons (Fsp3) is 0.667. The molecule has 0 amide bonds. The second kappa shape index (κ2) is 8.43. The van der Waals surface area contributed by atoms with Crippen molar-refractivity contribution in [3.05, 3.63) is 35.4 Å². The van der Waals surface area contributed by atoms with Gasteiger partial charge in [-0.3, -0.25) is 0 Å². The molecule has 2 atom stereocenters. The van der Waals surface area contributed by atoms with Gasteiger partial charge >= 0.3 is 0 Å². The van der Waals surface area contributed by atoms with Crippen LogP contribution in [0.1, 0.15) is 56.6 Å². The summed E-state index contributed by atoms with van der Waals surface area (Å²) >= 11 is 0. The Bertz CT molecular complexity index is 391. The smallest absolute Gasteiger partial charge is 0.0625 e. The number of rotatable bonds is 8. The first-order valence-electron chi connectivity index (χ1n) is 8.25. The van der Waals surface area contributed by atoms with Gasteiger partial charge in [0.1, 0.15) is 0 Å². The lowest BCUT2D eigenvalue weighted by molar-refractivity contribution is 0.101. The molecule has 2 unspecified atom stereocenters. The van der Waals surface area contributed by atoms with Gasteiger partial charge in [-0.2, -0.15) is 0 Å². The summed E-state index contributed by atoms with van der Waals surface area (Å²) in [7, 11) is 0. The highest BCUT2D eigenvalue weighted by atomic mass is 16.5. The first-order valence-corrected chi connectivity index (χ1v) is 8.25. The van der Waals surface area contributed by atoms with Crippen molar-refractivity contribution in [2.75, 3.05) is 19.8 Å². The highest BCUT2D eigenvalue weighted by Gasteiger charge is 2.27. The van der Waals surface area contributed by atoms with Crippen molar-refractivity contribution >= 4 is 0 Å². The van der Waals surface area contributed by atoms with Gasteiger partial charge in [-0.25, -0.2) is 0 Å². The van der Waals surface area contributed by atoms with E-state index in [1.165, 1.54) is 25.7 Å². The summed E-state index contributed by atoms with van der Waals surface area (Å²) in [6.45, 7) is 7.19. The van der Waals surface area contributed by atoms with Crippen LogP contribution in [-0.2, 0) is 11.2 Å². The molecule has 1 N–H and O–H groups in total. The van der Waals surface area contributed by atoms with E-state index in [0.717, 1.165) is 26.2 Å². The molecule has 112 valence electrons. The maximum absolute atomic E-state index is 5.85. The fourth-order valence-electron chi connectivity index (χ4n) is 3.21. The van der Waals surface area contributed by atoms with Gasteiger partial charge in [-0.15, -0.1) is 0 Å². The van der Waals surface area contributed by atoms with Crippen LogP contribution in [0.15, 0.2) is 24.3 Å². The molecule has 0 radical (unpaired) electrons. The zero-order chi connectivity index (χ0) is 14.2. The molecule has 0 aliphatic heterocycles. The summed E-state index contributed by atoms with van der Waals surface area (Å²) in [5, 5.41) is 3.71. The number of fused-ring (bicyclic) bond motifs is 1. The first kappa shape index (κ1) is 15.5. The van der Waals surface area contributed by atoms with E-state index in [0.29, 0.717) is 12.0 Å². The molecular formula is C18H29NO. The Morgan fingerprint density at radius 1 is 1.25 bits per heavy atom. The Morgan fingerprint density at radius 2 is 2.10 bits per heavy atom. The van der Waals surface area contributed by atoms with Crippen LogP contribution in [-0.4, -0.2) is 25.8 Å². The molecule has 0 saturated carbocycles. The van der Waals surface area contributed by atoms with Gasteiger partial charge in [-0.05, 0) is 49.8 Å². The quantitative estimate of drug-likeness (QED) is 0.727. The van der Waals surface area contributed by atoms with Gasteiger partial charge in [0.25, 0.3) is 0 Å². The lowest BCUT2D eigenvalue weighted by Gasteiger charge is -2.33. The maximum atomic E-state index is 5.85. The molecule has 0 bridgehead atoms. The minimum absolute atomic E-state index is 0.461. The normalized spacial score (nSPS) is 19.6. The summed E-state index contributed by atoms with van der Waals surface area (Å²) in [4.78, 5) is 0. The minimum atomic E-state index is 0.461. The molecule has 1 aromatic rings. The number of aryl methyl sites for hydroxylation is 1. The largest absolute Gasteiger partial charge is 0.380 e. The Morgan fingerprint density at radius 3 is 2.90 bits per heavy atom. The van der Waals surface area contributed by atoms with Crippen molar-refractivity contribution < 1.29 is 4.74 Å². The Labute approximate surface area is 123 Å². The predicted molar refractivity (Wildman–Crippen MR) is 85.3 cm³/mol. The molecule has 0 saturated heterocycles. The Kier molecular flexibility index (Phi) is 6.55. The van der Waals surface area contributed by atoms with Crippen molar-refractivity contribution in [1.82, 2.24) is 5.32 Å². The summed E-state index contributed by atoms with van der Waals surface area (Å²) in [6, 6.07) is 9.43. The zero-order valence-corrected chi connectivity index (χ0v) is 13.0. The zero-order valence-electron chi connectivity index (χ0n) is 13.0. The van der Waals surface area contributed by atoms with Gasteiger partial charge in [0.15, 0.2) is 0 Å². The molecular weight excluding hydrogens is 246 g/mol. The summed E-state index contributed by atoms with van der Waals surface area (Å²) in [6.07, 6.45) is 6.11. The van der Waals surface area contributed by atoms with Crippen LogP contribution in [0.4, 0.5) is 0 Å². The molecule has 1 aliphatic rings. The number of hydrogen-bond donors (Lipinski definition) is 1. The topological polar surface area (TPSA) is 21.3 Å². The van der Waals surface area contributed by atoms with E-state index in [1.807, 2.05) is 0 Å². The monoisotopic (exact) mass is 275 g/mol. The molecule has 0 spiro atoms. The van der Waals surface area contributed by atoms with Gasteiger partial charge < -0.3 is 10.1 Å². The van der Waals surface area contributed by atoms with Gasteiger partial charge in [0, 0.05) is 18.6 Å². The van der Waals surface area contributed by atoms with Crippen LogP contribution in [0.5, 0.6) is 0 Å². The molecule has 1 aliphatic carbocycles. The number of nitrogens with one attached hydrogen (secondary N) is 1. The average Bonchev–Trinajstić information content (AvgIpc) is 2.50. The van der Waals surface area contributed by atoms with E-state index in [9.17, 15) is 0 Å². The third-order valence-electron chi connectivity index (χ3n) is 4.20. The molecule has 0 heterocycles. The second-order valence-corrected chi connectivity index (χ2v) is 5.83. The number of ether oxygens (including phenoxy) is 1. The van der Waals surface area contributed by atoms with E-state index < -0.39 is 0 Å². The second-order valence-electron chi connectivity index (χ2n) is 5.83. The molecule has 0 fully saturated rings. The van der Waals surface area contributed by atoms with Crippen LogP contribution in [0.25, 0.3) is 0 Å². The highest BCUT2D eigenvalue weighted by molar-refractivity contribution is 5.33. The fourth-order valence-corrected chi connectivity index (χ4v) is 3.21. The van der Waals surface area contributed by atoms with Crippen molar-refractivity contribution in [1.29, 1.82) is 0 Å². The summed E-state index contributed by atoms with van der Waals surface area (Å²) in [5.74, 6) is 0.614. The average molecular weight is 275 g/mol. The third-order valence-corrected chi connectivity index (χ3v) is 4.20. The lowest BCUT2D eigenvalue weighted by atomic mass is 9.79. The van der Waals surface area contributed by atoms with Crippen LogP contribution in [0.3, 0.4) is 0 Å². The van der Waals surface area contributed by atoms with Crippen LogP contribution >= 0.6 is 0 Å². The highest BCUT2D eigenvalue weighted by Crippen LogP contribution is 2.34. The van der Waals surface area contributed by atoms with Crippen LogP contribution in [0, 0.1) is 0 Å².